The highest BCUT2D eigenvalue weighted by molar-refractivity contribution is 4.79. The van der Waals surface area contributed by atoms with Crippen LogP contribution in [0.2, 0.25) is 0 Å². The second-order valence-electron chi connectivity index (χ2n) is 2.21. The van der Waals surface area contributed by atoms with E-state index in [2.05, 4.69) is 0 Å². The van der Waals surface area contributed by atoms with Crippen LogP contribution in [0, 0.1) is 0 Å². The maximum Gasteiger partial charge on any atom is 0.113 e. The van der Waals surface area contributed by atoms with Crippen LogP contribution in [0.4, 0.5) is 0 Å². The molecule has 0 saturated carbocycles. The zero-order chi connectivity index (χ0) is 7.49. The van der Waals surface area contributed by atoms with Gasteiger partial charge in [-0.2, -0.15) is 0 Å². The lowest BCUT2D eigenvalue weighted by molar-refractivity contribution is -0.108. The molecule has 0 aliphatic heterocycles. The molecule has 0 bridgehead atoms. The Morgan fingerprint density at radius 1 is 1.44 bits per heavy atom. The molecule has 0 amide bonds. The molecule has 0 aliphatic carbocycles. The summed E-state index contributed by atoms with van der Waals surface area (Å²) in [6.45, 7) is 0.135. The molecule has 56 valence electrons. The van der Waals surface area contributed by atoms with Gasteiger partial charge in [0.15, 0.2) is 0 Å². The summed E-state index contributed by atoms with van der Waals surface area (Å²) in [7, 11) is 0. The molecule has 2 unspecified atom stereocenters. The minimum Gasteiger partial charge on any atom is -0.394 e. The third kappa shape index (κ3) is 2.28. The smallest absolute Gasteiger partial charge is 0.113 e. The maximum absolute atomic E-state index is 8.93. The molecule has 2 atom stereocenters. The van der Waals surface area contributed by atoms with E-state index in [1.165, 1.54) is 6.92 Å². The summed E-state index contributed by atoms with van der Waals surface area (Å²) >= 11 is 0. The lowest BCUT2D eigenvalue weighted by atomic mass is 10.0. The van der Waals surface area contributed by atoms with Crippen LogP contribution in [-0.2, 0) is 0 Å². The fourth-order valence-electron chi connectivity index (χ4n) is 0.302. The van der Waals surface area contributed by atoms with E-state index in [0.29, 0.717) is 0 Å². The van der Waals surface area contributed by atoms with Gasteiger partial charge in [-0.05, 0) is 6.92 Å². The van der Waals surface area contributed by atoms with Gasteiger partial charge in [0.2, 0.25) is 0 Å². The van der Waals surface area contributed by atoms with E-state index in [1.807, 2.05) is 0 Å². The minimum absolute atomic E-state index is 0.548. The second-order valence-corrected chi connectivity index (χ2v) is 2.21. The highest BCUT2D eigenvalue weighted by Crippen LogP contribution is 2.06. The summed E-state index contributed by atoms with van der Waals surface area (Å²) in [4.78, 5) is 0. The summed E-state index contributed by atoms with van der Waals surface area (Å²) in [5.41, 5.74) is -1.59. The fourth-order valence-corrected chi connectivity index (χ4v) is 0.302. The molecule has 0 heterocycles. The van der Waals surface area contributed by atoms with Crippen molar-refractivity contribution < 1.29 is 20.4 Å². The van der Waals surface area contributed by atoms with Gasteiger partial charge in [-0.15, -0.1) is 0 Å². The Morgan fingerprint density at radius 3 is 2.00 bits per heavy atom. The summed E-state index contributed by atoms with van der Waals surface area (Å²) in [5.74, 6) is 0. The predicted octanol–water partition coefficient (Wildman–Crippen LogP) is -1.92. The molecular formula is C5H12O4. The van der Waals surface area contributed by atoms with Crippen molar-refractivity contribution in [2.75, 3.05) is 13.2 Å². The van der Waals surface area contributed by atoms with Crippen LogP contribution in [0.5, 0.6) is 0 Å². The van der Waals surface area contributed by atoms with Crippen molar-refractivity contribution in [3.8, 4) is 0 Å². The molecule has 0 aliphatic rings. The predicted molar refractivity (Wildman–Crippen MR) is 30.8 cm³/mol. The number of hydrogen-bond acceptors (Lipinski definition) is 4. The summed E-state index contributed by atoms with van der Waals surface area (Å²) < 4.78 is 0. The Bertz CT molecular complexity index is 81.0. The van der Waals surface area contributed by atoms with Crippen molar-refractivity contribution >= 4 is 0 Å². The minimum atomic E-state index is -1.59. The van der Waals surface area contributed by atoms with Gasteiger partial charge in [0.1, 0.15) is 11.7 Å². The number of hydrogen-bond donors (Lipinski definition) is 4. The number of rotatable bonds is 3. The molecule has 9 heavy (non-hydrogen) atoms. The molecular weight excluding hydrogens is 124 g/mol. The van der Waals surface area contributed by atoms with E-state index < -0.39 is 24.9 Å². The van der Waals surface area contributed by atoms with E-state index in [1.54, 1.807) is 0 Å². The van der Waals surface area contributed by atoms with Gasteiger partial charge in [-0.1, -0.05) is 0 Å². The molecule has 0 aromatic carbocycles. The molecule has 0 rings (SSSR count). The number of aliphatic hydroxyl groups excluding tert-OH is 3. The molecule has 0 fully saturated rings. The van der Waals surface area contributed by atoms with Crippen molar-refractivity contribution in [2.45, 2.75) is 18.6 Å². The first-order valence-electron chi connectivity index (χ1n) is 2.66. The van der Waals surface area contributed by atoms with Gasteiger partial charge >= 0.3 is 0 Å². The Kier molecular flexibility index (Phi) is 3.07. The van der Waals surface area contributed by atoms with Crippen molar-refractivity contribution in [2.24, 2.45) is 0 Å². The van der Waals surface area contributed by atoms with Crippen molar-refractivity contribution in [1.29, 1.82) is 0 Å². The van der Waals surface area contributed by atoms with Crippen molar-refractivity contribution in [3.63, 3.8) is 0 Å². The monoisotopic (exact) mass is 136 g/mol. The normalized spacial score (nSPS) is 21.0. The Hall–Kier alpha value is -0.160. The van der Waals surface area contributed by atoms with Crippen LogP contribution >= 0.6 is 0 Å². The SMILES string of the molecule is CC(O)(CO)C(O)CO. The van der Waals surface area contributed by atoms with E-state index in [-0.39, 0.29) is 0 Å². The topological polar surface area (TPSA) is 80.9 Å². The standard InChI is InChI=1S/C5H12O4/c1-5(9,3-7)4(8)2-6/h4,6-9H,2-3H2,1H3. The number of aliphatic hydroxyl groups is 4. The Morgan fingerprint density at radius 2 is 1.89 bits per heavy atom. The second kappa shape index (κ2) is 3.12. The Balaban J connectivity index is 3.80. The van der Waals surface area contributed by atoms with Gasteiger partial charge in [-0.3, -0.25) is 0 Å². The van der Waals surface area contributed by atoms with Gasteiger partial charge in [0.05, 0.1) is 13.2 Å². The third-order valence-electron chi connectivity index (χ3n) is 1.21. The fraction of sp³-hybridized carbons (Fsp3) is 1.00. The average Bonchev–Trinajstić information content (AvgIpc) is 1.86. The molecule has 0 spiro atoms. The summed E-state index contributed by atoms with van der Waals surface area (Å²) in [5, 5.41) is 34.3. The first kappa shape index (κ1) is 8.84. The molecule has 4 heteroatoms. The van der Waals surface area contributed by atoms with E-state index in [4.69, 9.17) is 20.4 Å². The van der Waals surface area contributed by atoms with Crippen molar-refractivity contribution in [1.82, 2.24) is 0 Å². The maximum atomic E-state index is 8.93. The van der Waals surface area contributed by atoms with Crippen LogP contribution in [0.25, 0.3) is 0 Å². The average molecular weight is 136 g/mol. The molecule has 0 saturated heterocycles. The van der Waals surface area contributed by atoms with Gasteiger partial charge in [0, 0.05) is 0 Å². The van der Waals surface area contributed by atoms with Crippen molar-refractivity contribution in [3.05, 3.63) is 0 Å². The van der Waals surface area contributed by atoms with Gasteiger partial charge < -0.3 is 20.4 Å². The van der Waals surface area contributed by atoms with Gasteiger partial charge in [-0.25, -0.2) is 0 Å². The zero-order valence-electron chi connectivity index (χ0n) is 5.28. The molecule has 0 aromatic rings. The van der Waals surface area contributed by atoms with Crippen LogP contribution in [0.1, 0.15) is 6.92 Å². The zero-order valence-corrected chi connectivity index (χ0v) is 5.28. The van der Waals surface area contributed by atoms with Crippen LogP contribution < -0.4 is 0 Å². The highest BCUT2D eigenvalue weighted by atomic mass is 16.4. The lowest BCUT2D eigenvalue weighted by Crippen LogP contribution is -2.44. The first-order valence-corrected chi connectivity index (χ1v) is 2.66. The Labute approximate surface area is 53.4 Å². The first-order chi connectivity index (χ1) is 4.04. The largest absolute Gasteiger partial charge is 0.394 e. The van der Waals surface area contributed by atoms with Crippen LogP contribution in [-0.4, -0.2) is 45.3 Å². The molecule has 4 N–H and O–H groups in total. The van der Waals surface area contributed by atoms with E-state index in [0.717, 1.165) is 0 Å². The molecule has 0 radical (unpaired) electrons. The van der Waals surface area contributed by atoms with Crippen LogP contribution in [0.15, 0.2) is 0 Å². The summed E-state index contributed by atoms with van der Waals surface area (Å²) in [6, 6.07) is 0. The third-order valence-corrected chi connectivity index (χ3v) is 1.21. The lowest BCUT2D eigenvalue weighted by Gasteiger charge is -2.24. The quantitative estimate of drug-likeness (QED) is 0.364. The molecule has 4 nitrogen and oxygen atoms in total. The summed E-state index contributed by atoms with van der Waals surface area (Å²) in [6.07, 6.45) is -1.28. The molecule has 0 aromatic heterocycles. The van der Waals surface area contributed by atoms with E-state index in [9.17, 15) is 0 Å². The van der Waals surface area contributed by atoms with Gasteiger partial charge in [0.25, 0.3) is 0 Å². The van der Waals surface area contributed by atoms with E-state index >= 15 is 0 Å². The highest BCUT2D eigenvalue weighted by Gasteiger charge is 2.28. The van der Waals surface area contributed by atoms with Crippen LogP contribution in [0.3, 0.4) is 0 Å².